The lowest BCUT2D eigenvalue weighted by atomic mass is 10.0. The molecular formula is C31H36N4O4. The lowest BCUT2D eigenvalue weighted by molar-refractivity contribution is -0.125. The van der Waals surface area contributed by atoms with Crippen LogP contribution in [0.15, 0.2) is 103 Å². The molecule has 0 unspecified atom stereocenters. The van der Waals surface area contributed by atoms with Gasteiger partial charge in [-0.15, -0.1) is 0 Å². The first-order chi connectivity index (χ1) is 18.9. The second kappa shape index (κ2) is 15.6. The Morgan fingerprint density at radius 1 is 0.769 bits per heavy atom. The van der Waals surface area contributed by atoms with E-state index in [9.17, 15) is 14.4 Å². The molecule has 3 amide bonds. The summed E-state index contributed by atoms with van der Waals surface area (Å²) < 4.78 is 5.31. The fourth-order valence-electron chi connectivity index (χ4n) is 3.73. The average molecular weight is 529 g/mol. The molecule has 0 aliphatic carbocycles. The Morgan fingerprint density at radius 2 is 1.31 bits per heavy atom. The van der Waals surface area contributed by atoms with Gasteiger partial charge in [-0.1, -0.05) is 105 Å². The van der Waals surface area contributed by atoms with Gasteiger partial charge in [0.2, 0.25) is 5.91 Å². The van der Waals surface area contributed by atoms with E-state index in [0.29, 0.717) is 19.5 Å². The third kappa shape index (κ3) is 10.7. The van der Waals surface area contributed by atoms with Crippen molar-refractivity contribution < 1.29 is 19.1 Å². The summed E-state index contributed by atoms with van der Waals surface area (Å²) in [4.78, 5) is 38.9. The number of carbonyl (C=O) groups excluding carboxylic acids is 3. The van der Waals surface area contributed by atoms with E-state index in [1.165, 1.54) is 6.20 Å². The summed E-state index contributed by atoms with van der Waals surface area (Å²) in [7, 11) is 0. The van der Waals surface area contributed by atoms with Crippen LogP contribution in [0.4, 0.5) is 4.79 Å². The topological polar surface area (TPSA) is 109 Å². The van der Waals surface area contributed by atoms with Crippen molar-refractivity contribution in [3.63, 3.8) is 0 Å². The highest BCUT2D eigenvalue weighted by Crippen LogP contribution is 2.08. The summed E-state index contributed by atoms with van der Waals surface area (Å²) in [5, 5.41) is 11.3. The van der Waals surface area contributed by atoms with Gasteiger partial charge in [0.1, 0.15) is 18.3 Å². The van der Waals surface area contributed by atoms with Crippen LogP contribution in [0.3, 0.4) is 0 Å². The molecule has 1 atom stereocenters. The number of rotatable bonds is 13. The molecule has 4 N–H and O–H groups in total. The summed E-state index contributed by atoms with van der Waals surface area (Å²) in [5.41, 5.74) is 2.82. The maximum Gasteiger partial charge on any atom is 0.408 e. The fourth-order valence-corrected chi connectivity index (χ4v) is 3.73. The predicted octanol–water partition coefficient (Wildman–Crippen LogP) is 4.39. The highest BCUT2D eigenvalue weighted by Gasteiger charge is 2.25. The number of benzene rings is 3. The highest BCUT2D eigenvalue weighted by atomic mass is 16.5. The van der Waals surface area contributed by atoms with Crippen molar-refractivity contribution in [2.24, 2.45) is 5.92 Å². The first-order valence-corrected chi connectivity index (χ1v) is 13.0. The summed E-state index contributed by atoms with van der Waals surface area (Å²) in [6, 6.07) is 27.6. The Morgan fingerprint density at radius 3 is 1.87 bits per heavy atom. The second-order valence-electron chi connectivity index (χ2n) is 9.47. The smallest absolute Gasteiger partial charge is 0.408 e. The number of nitrogens with one attached hydrogen (secondary N) is 4. The molecule has 0 radical (unpaired) electrons. The Kier molecular flexibility index (Phi) is 11.6. The Hall–Kier alpha value is -4.59. The van der Waals surface area contributed by atoms with Crippen molar-refractivity contribution in [3.8, 4) is 0 Å². The third-order valence-electron chi connectivity index (χ3n) is 5.72. The summed E-state index contributed by atoms with van der Waals surface area (Å²) in [6.45, 7) is 4.74. The minimum absolute atomic E-state index is 0.0417. The van der Waals surface area contributed by atoms with E-state index in [1.54, 1.807) is 0 Å². The number of carbonyl (C=O) groups is 3. The van der Waals surface area contributed by atoms with Gasteiger partial charge < -0.3 is 26.0 Å². The minimum Gasteiger partial charge on any atom is -0.445 e. The Bertz CT molecular complexity index is 1220. The van der Waals surface area contributed by atoms with E-state index in [0.717, 1.165) is 16.7 Å². The highest BCUT2D eigenvalue weighted by molar-refractivity contribution is 5.99. The Balaban J connectivity index is 1.67. The van der Waals surface area contributed by atoms with Gasteiger partial charge in [-0.2, -0.15) is 0 Å². The second-order valence-corrected chi connectivity index (χ2v) is 9.47. The normalized spacial score (nSPS) is 11.8. The quantitative estimate of drug-likeness (QED) is 0.246. The lowest BCUT2D eigenvalue weighted by Crippen LogP contribution is -2.49. The first kappa shape index (κ1) is 29.0. The van der Waals surface area contributed by atoms with Crippen LogP contribution in [0.1, 0.15) is 37.0 Å². The maximum atomic E-state index is 13.3. The zero-order chi connectivity index (χ0) is 27.9. The fraction of sp³-hybridized carbons (Fsp3) is 0.258. The number of amides is 3. The average Bonchev–Trinajstić information content (AvgIpc) is 2.95. The van der Waals surface area contributed by atoms with Crippen molar-refractivity contribution in [1.29, 1.82) is 0 Å². The van der Waals surface area contributed by atoms with Gasteiger partial charge in [0.05, 0.1) is 0 Å². The SMILES string of the molecule is CC(C)C[C@H](NC(=O)OCc1ccccc1)C(=O)N/C(=C/NCc1ccccc1)C(=O)NCc1ccccc1. The largest absolute Gasteiger partial charge is 0.445 e. The molecule has 3 rings (SSSR count). The molecular weight excluding hydrogens is 492 g/mol. The van der Waals surface area contributed by atoms with Crippen LogP contribution in [0, 0.1) is 5.92 Å². The summed E-state index contributed by atoms with van der Waals surface area (Å²) >= 11 is 0. The van der Waals surface area contributed by atoms with Crippen molar-refractivity contribution >= 4 is 17.9 Å². The molecule has 8 heteroatoms. The van der Waals surface area contributed by atoms with Crippen LogP contribution in [0.25, 0.3) is 0 Å². The van der Waals surface area contributed by atoms with E-state index in [1.807, 2.05) is 105 Å². The molecule has 8 nitrogen and oxygen atoms in total. The van der Waals surface area contributed by atoms with Gasteiger partial charge >= 0.3 is 6.09 Å². The molecule has 0 saturated heterocycles. The molecule has 3 aromatic carbocycles. The lowest BCUT2D eigenvalue weighted by Gasteiger charge is -2.21. The van der Waals surface area contributed by atoms with Gasteiger partial charge in [-0.3, -0.25) is 9.59 Å². The van der Waals surface area contributed by atoms with E-state index in [4.69, 9.17) is 4.74 Å². The molecule has 3 aromatic rings. The van der Waals surface area contributed by atoms with Crippen LogP contribution in [0.5, 0.6) is 0 Å². The molecule has 0 aromatic heterocycles. The molecule has 0 spiro atoms. The van der Waals surface area contributed by atoms with Gasteiger partial charge in [0, 0.05) is 19.3 Å². The summed E-state index contributed by atoms with van der Waals surface area (Å²) in [6.07, 6.45) is 1.13. The summed E-state index contributed by atoms with van der Waals surface area (Å²) in [5.74, 6) is -0.864. The Labute approximate surface area is 229 Å². The zero-order valence-corrected chi connectivity index (χ0v) is 22.4. The van der Waals surface area contributed by atoms with Gasteiger partial charge in [0.15, 0.2) is 0 Å². The minimum atomic E-state index is -0.896. The van der Waals surface area contributed by atoms with Crippen LogP contribution >= 0.6 is 0 Å². The van der Waals surface area contributed by atoms with Gasteiger partial charge in [0.25, 0.3) is 5.91 Å². The van der Waals surface area contributed by atoms with E-state index in [-0.39, 0.29) is 18.2 Å². The van der Waals surface area contributed by atoms with E-state index in [2.05, 4.69) is 21.3 Å². The van der Waals surface area contributed by atoms with Crippen molar-refractivity contribution in [2.45, 2.75) is 46.0 Å². The van der Waals surface area contributed by atoms with Crippen LogP contribution in [-0.2, 0) is 34.0 Å². The number of hydrogen-bond acceptors (Lipinski definition) is 5. The molecule has 0 aliphatic rings. The molecule has 0 heterocycles. The predicted molar refractivity (Wildman–Crippen MR) is 151 cm³/mol. The molecule has 204 valence electrons. The van der Waals surface area contributed by atoms with E-state index >= 15 is 0 Å². The molecule has 0 fully saturated rings. The van der Waals surface area contributed by atoms with Crippen molar-refractivity contribution in [2.75, 3.05) is 0 Å². The molecule has 39 heavy (non-hydrogen) atoms. The zero-order valence-electron chi connectivity index (χ0n) is 22.4. The third-order valence-corrected chi connectivity index (χ3v) is 5.72. The monoisotopic (exact) mass is 528 g/mol. The first-order valence-electron chi connectivity index (χ1n) is 13.0. The van der Waals surface area contributed by atoms with Crippen LogP contribution in [-0.4, -0.2) is 23.9 Å². The number of ether oxygens (including phenoxy) is 1. The van der Waals surface area contributed by atoms with Crippen LogP contribution < -0.4 is 21.3 Å². The standard InChI is InChI=1S/C31H36N4O4/c1-23(2)18-27(35-31(38)39-22-26-16-10-5-11-17-26)30(37)34-28(21-32-19-24-12-6-3-7-13-24)29(36)33-20-25-14-8-4-9-15-25/h3-17,21,23,27,32H,18-20,22H2,1-2H3,(H,33,36)(H,34,37)(H,35,38)/b28-21+/t27-/m0/s1. The van der Waals surface area contributed by atoms with E-state index < -0.39 is 23.9 Å². The molecule has 0 bridgehead atoms. The maximum absolute atomic E-state index is 13.3. The van der Waals surface area contributed by atoms with Gasteiger partial charge in [-0.05, 0) is 29.0 Å². The molecule has 0 aliphatic heterocycles. The van der Waals surface area contributed by atoms with Gasteiger partial charge in [-0.25, -0.2) is 4.79 Å². The number of hydrogen-bond donors (Lipinski definition) is 4. The van der Waals surface area contributed by atoms with Crippen molar-refractivity contribution in [3.05, 3.63) is 120 Å². The molecule has 0 saturated carbocycles. The van der Waals surface area contributed by atoms with Crippen LogP contribution in [0.2, 0.25) is 0 Å². The number of alkyl carbamates (subject to hydrolysis) is 1. The van der Waals surface area contributed by atoms with Crippen molar-refractivity contribution in [1.82, 2.24) is 21.3 Å².